The first-order chi connectivity index (χ1) is 14.1. The van der Waals surface area contributed by atoms with Crippen molar-refractivity contribution < 1.29 is 9.53 Å². The summed E-state index contributed by atoms with van der Waals surface area (Å²) in [5.74, 6) is 2.28. The largest absolute Gasteiger partial charge is 0.491 e. The van der Waals surface area contributed by atoms with Gasteiger partial charge >= 0.3 is 0 Å². The van der Waals surface area contributed by atoms with E-state index < -0.39 is 0 Å². The molecule has 5 rings (SSSR count). The van der Waals surface area contributed by atoms with Crippen molar-refractivity contribution in [3.05, 3.63) is 41.3 Å². The number of rotatable bonds is 4. The highest BCUT2D eigenvalue weighted by Crippen LogP contribution is 2.30. The molecule has 0 saturated carbocycles. The summed E-state index contributed by atoms with van der Waals surface area (Å²) in [6, 6.07) is 7.63. The summed E-state index contributed by atoms with van der Waals surface area (Å²) in [4.78, 5) is 17.1. The van der Waals surface area contributed by atoms with Crippen LogP contribution in [0.15, 0.2) is 24.3 Å². The van der Waals surface area contributed by atoms with E-state index in [4.69, 9.17) is 9.84 Å². The van der Waals surface area contributed by atoms with Gasteiger partial charge in [-0.25, -0.2) is 9.67 Å². The predicted molar refractivity (Wildman–Crippen MR) is 106 cm³/mol. The van der Waals surface area contributed by atoms with Gasteiger partial charge in [-0.05, 0) is 24.3 Å². The first-order valence-electron chi connectivity index (χ1n) is 9.89. The summed E-state index contributed by atoms with van der Waals surface area (Å²) in [5.41, 5.74) is 3.04. The summed E-state index contributed by atoms with van der Waals surface area (Å²) in [5, 5.41) is 18.2. The molecular formula is C20H23N7O2. The molecule has 0 unspecified atom stereocenters. The standard InChI is InChI=1S/C20H23N7O2/c1-11(2)18-23-19(25-24-18)15-8-14-5-6-29-17-4-3-12(7-16(17)27(14)26-15)20(28)22-13-9-21-10-13/h3-4,7-8,11,13,21H,5-6,9-10H2,1-2H3,(H,22,28)(H,23,24,25). The molecule has 3 aromatic rings. The lowest BCUT2D eigenvalue weighted by molar-refractivity contribution is 0.0924. The number of H-pyrrole nitrogens is 1. The quantitative estimate of drug-likeness (QED) is 0.618. The molecule has 2 aliphatic rings. The number of carbonyl (C=O) groups excluding carboxylic acids is 1. The number of benzene rings is 1. The number of fused-ring (bicyclic) bond motifs is 3. The van der Waals surface area contributed by atoms with Crippen molar-refractivity contribution in [3.63, 3.8) is 0 Å². The zero-order valence-corrected chi connectivity index (χ0v) is 16.4. The summed E-state index contributed by atoms with van der Waals surface area (Å²) in [7, 11) is 0. The summed E-state index contributed by atoms with van der Waals surface area (Å²) in [6.07, 6.45) is 0.707. The number of carbonyl (C=O) groups is 1. The molecule has 3 N–H and O–H groups in total. The lowest BCUT2D eigenvalue weighted by atomic mass is 10.1. The zero-order valence-electron chi connectivity index (χ0n) is 16.4. The van der Waals surface area contributed by atoms with Crippen LogP contribution in [0.25, 0.3) is 17.2 Å². The first-order valence-corrected chi connectivity index (χ1v) is 9.89. The SMILES string of the molecule is CC(C)c1nc(-c2cc3n(n2)-c2cc(C(=O)NC4CNC4)ccc2OCC3)n[nH]1. The van der Waals surface area contributed by atoms with Gasteiger partial charge in [0.2, 0.25) is 5.82 Å². The van der Waals surface area contributed by atoms with E-state index in [9.17, 15) is 4.79 Å². The fraction of sp³-hybridized carbons (Fsp3) is 0.400. The maximum absolute atomic E-state index is 12.6. The molecule has 9 heteroatoms. The number of nitrogens with one attached hydrogen (secondary N) is 3. The summed E-state index contributed by atoms with van der Waals surface area (Å²) in [6.45, 7) is 6.28. The van der Waals surface area contributed by atoms with Crippen LogP contribution in [0.1, 0.15) is 41.6 Å². The molecule has 0 aliphatic carbocycles. The van der Waals surface area contributed by atoms with Crippen molar-refractivity contribution >= 4 is 5.91 Å². The number of aromatic nitrogens is 5. The van der Waals surface area contributed by atoms with Crippen LogP contribution >= 0.6 is 0 Å². The van der Waals surface area contributed by atoms with Gasteiger partial charge in [0.15, 0.2) is 0 Å². The molecule has 150 valence electrons. The monoisotopic (exact) mass is 393 g/mol. The Bertz CT molecular complexity index is 1060. The number of hydrogen-bond acceptors (Lipinski definition) is 6. The van der Waals surface area contributed by atoms with Gasteiger partial charge in [0, 0.05) is 36.7 Å². The van der Waals surface area contributed by atoms with E-state index in [0.29, 0.717) is 35.9 Å². The van der Waals surface area contributed by atoms with Crippen molar-refractivity contribution in [1.82, 2.24) is 35.6 Å². The molecule has 1 aromatic carbocycles. The van der Waals surface area contributed by atoms with Gasteiger partial charge in [-0.1, -0.05) is 13.8 Å². The zero-order chi connectivity index (χ0) is 20.0. The molecular weight excluding hydrogens is 370 g/mol. The van der Waals surface area contributed by atoms with Crippen molar-refractivity contribution in [2.24, 2.45) is 0 Å². The molecule has 1 fully saturated rings. The van der Waals surface area contributed by atoms with E-state index in [1.807, 2.05) is 22.9 Å². The Balaban J connectivity index is 1.50. The van der Waals surface area contributed by atoms with Crippen LogP contribution in [-0.4, -0.2) is 56.6 Å². The lowest BCUT2D eigenvalue weighted by Gasteiger charge is -2.28. The molecule has 1 amide bonds. The molecule has 0 bridgehead atoms. The van der Waals surface area contributed by atoms with Crippen LogP contribution in [0.3, 0.4) is 0 Å². The van der Waals surface area contributed by atoms with Gasteiger partial charge in [-0.2, -0.15) is 10.2 Å². The smallest absolute Gasteiger partial charge is 0.251 e. The fourth-order valence-corrected chi connectivity index (χ4v) is 3.43. The van der Waals surface area contributed by atoms with Crippen LogP contribution in [0.4, 0.5) is 0 Å². The Morgan fingerprint density at radius 3 is 2.90 bits per heavy atom. The fourth-order valence-electron chi connectivity index (χ4n) is 3.43. The number of nitrogens with zero attached hydrogens (tertiary/aromatic N) is 4. The Morgan fingerprint density at radius 2 is 2.17 bits per heavy atom. The minimum atomic E-state index is -0.0898. The second-order valence-electron chi connectivity index (χ2n) is 7.74. The molecule has 4 heterocycles. The van der Waals surface area contributed by atoms with Gasteiger partial charge in [0.25, 0.3) is 5.91 Å². The van der Waals surface area contributed by atoms with Crippen LogP contribution in [0, 0.1) is 0 Å². The van der Waals surface area contributed by atoms with E-state index in [2.05, 4.69) is 39.7 Å². The Hall–Kier alpha value is -3.20. The van der Waals surface area contributed by atoms with Crippen molar-refractivity contribution in [2.45, 2.75) is 32.2 Å². The third-order valence-corrected chi connectivity index (χ3v) is 5.24. The van der Waals surface area contributed by atoms with Crippen LogP contribution in [0.5, 0.6) is 5.75 Å². The number of aromatic amines is 1. The second-order valence-corrected chi connectivity index (χ2v) is 7.74. The van der Waals surface area contributed by atoms with Gasteiger partial charge in [-0.15, -0.1) is 0 Å². The maximum Gasteiger partial charge on any atom is 0.251 e. The molecule has 9 nitrogen and oxygen atoms in total. The van der Waals surface area contributed by atoms with Crippen molar-refractivity contribution in [3.8, 4) is 23.0 Å². The molecule has 0 radical (unpaired) electrons. The Labute approximate surface area is 167 Å². The van der Waals surface area contributed by atoms with Crippen LogP contribution in [0.2, 0.25) is 0 Å². The average Bonchev–Trinajstić information content (AvgIpc) is 3.29. The maximum atomic E-state index is 12.6. The summed E-state index contributed by atoms with van der Waals surface area (Å²) >= 11 is 0. The van der Waals surface area contributed by atoms with E-state index in [0.717, 1.165) is 30.3 Å². The van der Waals surface area contributed by atoms with Gasteiger partial charge in [-0.3, -0.25) is 9.89 Å². The lowest BCUT2D eigenvalue weighted by Crippen LogP contribution is -2.56. The molecule has 29 heavy (non-hydrogen) atoms. The van der Waals surface area contributed by atoms with Crippen molar-refractivity contribution in [2.75, 3.05) is 19.7 Å². The van der Waals surface area contributed by atoms with Gasteiger partial charge in [0.1, 0.15) is 23.0 Å². The number of ether oxygens (including phenoxy) is 1. The van der Waals surface area contributed by atoms with E-state index in [1.165, 1.54) is 0 Å². The molecule has 0 spiro atoms. The van der Waals surface area contributed by atoms with Crippen LogP contribution < -0.4 is 15.4 Å². The first kappa shape index (κ1) is 17.9. The normalized spacial score (nSPS) is 15.8. The average molecular weight is 393 g/mol. The Kier molecular flexibility index (Phi) is 4.31. The topological polar surface area (TPSA) is 110 Å². The highest BCUT2D eigenvalue weighted by Gasteiger charge is 2.23. The third kappa shape index (κ3) is 3.27. The molecule has 0 atom stereocenters. The van der Waals surface area contributed by atoms with E-state index >= 15 is 0 Å². The molecule has 1 saturated heterocycles. The Morgan fingerprint density at radius 1 is 1.31 bits per heavy atom. The van der Waals surface area contributed by atoms with Gasteiger partial charge in [0.05, 0.1) is 12.6 Å². The minimum absolute atomic E-state index is 0.0898. The molecule has 2 aromatic heterocycles. The third-order valence-electron chi connectivity index (χ3n) is 5.24. The van der Waals surface area contributed by atoms with E-state index in [1.54, 1.807) is 6.07 Å². The van der Waals surface area contributed by atoms with Gasteiger partial charge < -0.3 is 15.4 Å². The predicted octanol–water partition coefficient (Wildman–Crippen LogP) is 1.42. The number of hydrogen-bond donors (Lipinski definition) is 3. The van der Waals surface area contributed by atoms with Crippen molar-refractivity contribution in [1.29, 1.82) is 0 Å². The molecule has 2 aliphatic heterocycles. The number of amides is 1. The highest BCUT2D eigenvalue weighted by atomic mass is 16.5. The second kappa shape index (κ2) is 7.00. The highest BCUT2D eigenvalue weighted by molar-refractivity contribution is 5.95. The minimum Gasteiger partial charge on any atom is -0.491 e. The van der Waals surface area contributed by atoms with Crippen LogP contribution in [-0.2, 0) is 6.42 Å². The summed E-state index contributed by atoms with van der Waals surface area (Å²) < 4.78 is 7.72. The van der Waals surface area contributed by atoms with E-state index in [-0.39, 0.29) is 17.9 Å².